The molecule has 1 fully saturated rings. The van der Waals surface area contributed by atoms with Gasteiger partial charge in [-0.2, -0.15) is 12.7 Å². The first-order chi connectivity index (χ1) is 8.36. The van der Waals surface area contributed by atoms with Gasteiger partial charge in [0.2, 0.25) is 0 Å². The van der Waals surface area contributed by atoms with Crippen molar-refractivity contribution in [1.29, 1.82) is 0 Å². The second kappa shape index (κ2) is 6.35. The molecule has 1 saturated heterocycles. The number of carbonyl (C=O) groups is 1. The molecule has 18 heavy (non-hydrogen) atoms. The van der Waals surface area contributed by atoms with Gasteiger partial charge in [-0.3, -0.25) is 0 Å². The van der Waals surface area contributed by atoms with E-state index in [9.17, 15) is 13.2 Å². The van der Waals surface area contributed by atoms with E-state index in [2.05, 4.69) is 0 Å². The molecule has 7 nitrogen and oxygen atoms in total. The van der Waals surface area contributed by atoms with E-state index in [-0.39, 0.29) is 18.7 Å². The van der Waals surface area contributed by atoms with E-state index < -0.39 is 16.3 Å². The van der Waals surface area contributed by atoms with E-state index in [0.29, 0.717) is 6.54 Å². The summed E-state index contributed by atoms with van der Waals surface area (Å²) < 4.78 is 31.9. The first-order valence-corrected chi connectivity index (χ1v) is 7.51. The zero-order valence-corrected chi connectivity index (χ0v) is 11.6. The SMILES string of the molecule is CC(C)OC(=O)NS(=O)(=O)N1CCCCC1CN. The molecule has 1 heterocycles. The van der Waals surface area contributed by atoms with Gasteiger partial charge in [-0.1, -0.05) is 6.42 Å². The van der Waals surface area contributed by atoms with Crippen LogP contribution in [0.25, 0.3) is 0 Å². The van der Waals surface area contributed by atoms with E-state index in [1.54, 1.807) is 13.8 Å². The molecular weight excluding hydrogens is 258 g/mol. The minimum atomic E-state index is -3.86. The Morgan fingerprint density at radius 2 is 2.17 bits per heavy atom. The van der Waals surface area contributed by atoms with E-state index in [1.165, 1.54) is 4.31 Å². The van der Waals surface area contributed by atoms with Crippen molar-refractivity contribution < 1.29 is 17.9 Å². The van der Waals surface area contributed by atoms with Crippen LogP contribution in [0.1, 0.15) is 33.1 Å². The first kappa shape index (κ1) is 15.2. The second-order valence-electron chi connectivity index (χ2n) is 4.56. The first-order valence-electron chi connectivity index (χ1n) is 6.07. The Kier molecular flexibility index (Phi) is 5.36. The average Bonchev–Trinajstić information content (AvgIpc) is 2.27. The molecule has 1 rings (SSSR count). The number of rotatable bonds is 4. The number of ether oxygens (including phenoxy) is 1. The summed E-state index contributed by atoms with van der Waals surface area (Å²) in [5.41, 5.74) is 5.55. The smallest absolute Gasteiger partial charge is 0.422 e. The molecule has 3 N–H and O–H groups in total. The normalized spacial score (nSPS) is 21.9. The van der Waals surface area contributed by atoms with Gasteiger partial charge >= 0.3 is 16.3 Å². The third-order valence-electron chi connectivity index (χ3n) is 2.71. The maximum atomic E-state index is 12.0. The highest BCUT2D eigenvalue weighted by Crippen LogP contribution is 2.18. The number of piperidine rings is 1. The number of hydrogen-bond donors (Lipinski definition) is 2. The summed E-state index contributed by atoms with van der Waals surface area (Å²) in [6.07, 6.45) is 1.12. The van der Waals surface area contributed by atoms with Crippen molar-refractivity contribution in [3.8, 4) is 0 Å². The van der Waals surface area contributed by atoms with Crippen LogP contribution in [0.15, 0.2) is 0 Å². The summed E-state index contributed by atoms with van der Waals surface area (Å²) in [6.45, 7) is 3.93. The molecule has 0 aliphatic carbocycles. The molecule has 1 aliphatic rings. The molecule has 1 aliphatic heterocycles. The van der Waals surface area contributed by atoms with Crippen LogP contribution in [-0.2, 0) is 14.9 Å². The highest BCUT2D eigenvalue weighted by Gasteiger charge is 2.33. The van der Waals surface area contributed by atoms with Gasteiger partial charge in [0, 0.05) is 19.1 Å². The number of carbonyl (C=O) groups excluding carboxylic acids is 1. The Hall–Kier alpha value is -0.860. The van der Waals surface area contributed by atoms with Crippen LogP contribution in [0.2, 0.25) is 0 Å². The largest absolute Gasteiger partial charge is 0.446 e. The van der Waals surface area contributed by atoms with Crippen LogP contribution in [0.5, 0.6) is 0 Å². The van der Waals surface area contributed by atoms with Crippen LogP contribution in [0, 0.1) is 0 Å². The van der Waals surface area contributed by atoms with E-state index in [4.69, 9.17) is 10.5 Å². The lowest BCUT2D eigenvalue weighted by atomic mass is 10.1. The molecule has 0 saturated carbocycles. The maximum absolute atomic E-state index is 12.0. The Morgan fingerprint density at radius 1 is 1.50 bits per heavy atom. The Morgan fingerprint density at radius 3 is 2.72 bits per heavy atom. The monoisotopic (exact) mass is 279 g/mol. The molecule has 1 atom stereocenters. The van der Waals surface area contributed by atoms with Crippen LogP contribution in [0.4, 0.5) is 4.79 Å². The Balaban J connectivity index is 2.69. The minimum Gasteiger partial charge on any atom is -0.446 e. The minimum absolute atomic E-state index is 0.247. The number of hydrogen-bond acceptors (Lipinski definition) is 5. The van der Waals surface area contributed by atoms with Crippen LogP contribution < -0.4 is 10.5 Å². The van der Waals surface area contributed by atoms with Crippen LogP contribution in [-0.4, -0.2) is 44.1 Å². The van der Waals surface area contributed by atoms with E-state index >= 15 is 0 Å². The number of nitrogens with two attached hydrogens (primary N) is 1. The van der Waals surface area contributed by atoms with Gasteiger partial charge < -0.3 is 10.5 Å². The van der Waals surface area contributed by atoms with Crippen molar-refractivity contribution in [3.05, 3.63) is 0 Å². The predicted octanol–water partition coefficient (Wildman–Crippen LogP) is 0.179. The number of nitrogens with zero attached hydrogens (tertiary/aromatic N) is 1. The molecule has 0 bridgehead atoms. The van der Waals surface area contributed by atoms with Crippen LogP contribution >= 0.6 is 0 Å². The molecule has 0 aromatic rings. The van der Waals surface area contributed by atoms with Crippen molar-refractivity contribution in [2.24, 2.45) is 5.73 Å². The lowest BCUT2D eigenvalue weighted by Gasteiger charge is -2.33. The lowest BCUT2D eigenvalue weighted by molar-refractivity contribution is 0.120. The fraction of sp³-hybridized carbons (Fsp3) is 0.900. The summed E-state index contributed by atoms with van der Waals surface area (Å²) >= 11 is 0. The van der Waals surface area contributed by atoms with Crippen molar-refractivity contribution in [2.45, 2.75) is 45.3 Å². The highest BCUT2D eigenvalue weighted by molar-refractivity contribution is 7.87. The van der Waals surface area contributed by atoms with Gasteiger partial charge in [-0.15, -0.1) is 0 Å². The van der Waals surface area contributed by atoms with Crippen molar-refractivity contribution in [2.75, 3.05) is 13.1 Å². The quantitative estimate of drug-likeness (QED) is 0.764. The molecule has 1 unspecified atom stereocenters. The third-order valence-corrected chi connectivity index (χ3v) is 4.23. The molecule has 0 radical (unpaired) electrons. The molecular formula is C10H21N3O4S. The van der Waals surface area contributed by atoms with Crippen molar-refractivity contribution >= 4 is 16.3 Å². The summed E-state index contributed by atoms with van der Waals surface area (Å²) in [5.74, 6) is 0. The third kappa shape index (κ3) is 4.11. The summed E-state index contributed by atoms with van der Waals surface area (Å²) in [5, 5.41) is 0. The van der Waals surface area contributed by atoms with Gasteiger partial charge in [-0.25, -0.2) is 9.52 Å². The molecule has 1 amide bonds. The van der Waals surface area contributed by atoms with Crippen LogP contribution in [0.3, 0.4) is 0 Å². The summed E-state index contributed by atoms with van der Waals surface area (Å²) in [4.78, 5) is 11.3. The van der Waals surface area contributed by atoms with Gasteiger partial charge in [0.1, 0.15) is 0 Å². The lowest BCUT2D eigenvalue weighted by Crippen LogP contribution is -2.53. The molecule has 0 spiro atoms. The number of amides is 1. The fourth-order valence-electron chi connectivity index (χ4n) is 1.93. The van der Waals surface area contributed by atoms with E-state index in [0.717, 1.165) is 19.3 Å². The van der Waals surface area contributed by atoms with Gasteiger partial charge in [-0.05, 0) is 26.7 Å². The van der Waals surface area contributed by atoms with Crippen molar-refractivity contribution in [1.82, 2.24) is 9.03 Å². The average molecular weight is 279 g/mol. The summed E-state index contributed by atoms with van der Waals surface area (Å²) in [7, 11) is -3.86. The zero-order valence-electron chi connectivity index (χ0n) is 10.8. The number of nitrogens with one attached hydrogen (secondary N) is 1. The topological polar surface area (TPSA) is 102 Å². The van der Waals surface area contributed by atoms with E-state index in [1.807, 2.05) is 4.72 Å². The molecule has 0 aromatic heterocycles. The van der Waals surface area contributed by atoms with Gasteiger partial charge in [0.25, 0.3) is 0 Å². The standard InChI is InChI=1S/C10H21N3O4S/c1-8(2)17-10(14)12-18(15,16)13-6-4-3-5-9(13)7-11/h8-9H,3-7,11H2,1-2H3,(H,12,14). The second-order valence-corrected chi connectivity index (χ2v) is 6.18. The Labute approximate surface area is 108 Å². The summed E-state index contributed by atoms with van der Waals surface area (Å²) in [6, 6.07) is -0.247. The molecule has 0 aromatic carbocycles. The Bertz CT molecular complexity index is 383. The highest BCUT2D eigenvalue weighted by atomic mass is 32.2. The van der Waals surface area contributed by atoms with Gasteiger partial charge in [0.15, 0.2) is 0 Å². The maximum Gasteiger partial charge on any atom is 0.422 e. The molecule has 8 heteroatoms. The molecule has 106 valence electrons. The van der Waals surface area contributed by atoms with Gasteiger partial charge in [0.05, 0.1) is 6.10 Å². The zero-order chi connectivity index (χ0) is 13.8. The predicted molar refractivity (Wildman–Crippen MR) is 67.1 cm³/mol. The fourth-order valence-corrected chi connectivity index (χ4v) is 3.26. The van der Waals surface area contributed by atoms with Crippen molar-refractivity contribution in [3.63, 3.8) is 0 Å².